The van der Waals surface area contributed by atoms with Gasteiger partial charge < -0.3 is 15.2 Å². The first kappa shape index (κ1) is 17.6. The van der Waals surface area contributed by atoms with E-state index in [1.165, 1.54) is 0 Å². The standard InChI is InChI=1S/C17H26N6O2/c1-9(2)15-19-16(25-22-15)12-5-7-23(8-6-12)17(24)14(18)13-10(3)20-21-11(13)4/h9,12,14H,5-8,18H2,1-4H3,(H,20,21). The van der Waals surface area contributed by atoms with Crippen molar-refractivity contribution in [3.8, 4) is 0 Å². The second kappa shape index (κ2) is 6.95. The highest BCUT2D eigenvalue weighted by molar-refractivity contribution is 5.83. The van der Waals surface area contributed by atoms with Gasteiger partial charge in [0.05, 0.1) is 5.69 Å². The summed E-state index contributed by atoms with van der Waals surface area (Å²) >= 11 is 0. The van der Waals surface area contributed by atoms with Crippen LogP contribution in [0.25, 0.3) is 0 Å². The summed E-state index contributed by atoms with van der Waals surface area (Å²) in [7, 11) is 0. The van der Waals surface area contributed by atoms with Crippen molar-refractivity contribution in [2.45, 2.75) is 58.4 Å². The number of aromatic nitrogens is 4. The molecule has 1 aliphatic rings. The number of H-pyrrole nitrogens is 1. The number of carbonyl (C=O) groups excluding carboxylic acids is 1. The van der Waals surface area contributed by atoms with Gasteiger partial charge in [-0.15, -0.1) is 0 Å². The third kappa shape index (κ3) is 3.44. The van der Waals surface area contributed by atoms with Gasteiger partial charge in [-0.25, -0.2) is 0 Å². The number of piperidine rings is 1. The summed E-state index contributed by atoms with van der Waals surface area (Å²) in [5, 5.41) is 11.0. The van der Waals surface area contributed by atoms with Crippen LogP contribution in [-0.4, -0.2) is 44.2 Å². The fourth-order valence-electron chi connectivity index (χ4n) is 3.33. The first-order valence-corrected chi connectivity index (χ1v) is 8.77. The minimum atomic E-state index is -0.675. The number of rotatable bonds is 4. The second-order valence-electron chi connectivity index (χ2n) is 7.07. The van der Waals surface area contributed by atoms with Gasteiger partial charge in [-0.3, -0.25) is 9.89 Å². The van der Waals surface area contributed by atoms with Crippen molar-refractivity contribution >= 4 is 5.91 Å². The van der Waals surface area contributed by atoms with Gasteiger partial charge in [-0.2, -0.15) is 10.1 Å². The Balaban J connectivity index is 1.62. The average Bonchev–Trinajstić information content (AvgIpc) is 3.21. The van der Waals surface area contributed by atoms with Gasteiger partial charge in [0, 0.05) is 36.2 Å². The van der Waals surface area contributed by atoms with Crippen molar-refractivity contribution in [2.24, 2.45) is 5.73 Å². The molecule has 0 aliphatic carbocycles. The maximum Gasteiger partial charge on any atom is 0.244 e. The zero-order valence-electron chi connectivity index (χ0n) is 15.2. The molecular formula is C17H26N6O2. The van der Waals surface area contributed by atoms with Gasteiger partial charge in [0.1, 0.15) is 6.04 Å². The quantitative estimate of drug-likeness (QED) is 0.874. The third-order valence-corrected chi connectivity index (χ3v) is 4.89. The fourth-order valence-corrected chi connectivity index (χ4v) is 3.33. The monoisotopic (exact) mass is 346 g/mol. The lowest BCUT2D eigenvalue weighted by Crippen LogP contribution is -2.43. The van der Waals surface area contributed by atoms with Gasteiger partial charge in [-0.1, -0.05) is 19.0 Å². The third-order valence-electron chi connectivity index (χ3n) is 4.89. The van der Waals surface area contributed by atoms with E-state index >= 15 is 0 Å². The zero-order chi connectivity index (χ0) is 18.1. The molecule has 1 aliphatic heterocycles. The Hall–Kier alpha value is -2.22. The van der Waals surface area contributed by atoms with E-state index in [2.05, 4.69) is 20.3 Å². The molecule has 3 heterocycles. The molecule has 136 valence electrons. The van der Waals surface area contributed by atoms with E-state index in [1.807, 2.05) is 32.6 Å². The highest BCUT2D eigenvalue weighted by Gasteiger charge is 2.31. The summed E-state index contributed by atoms with van der Waals surface area (Å²) in [6, 6.07) is -0.675. The largest absolute Gasteiger partial charge is 0.341 e. The molecule has 0 aromatic carbocycles. The summed E-state index contributed by atoms with van der Waals surface area (Å²) in [5.74, 6) is 1.82. The van der Waals surface area contributed by atoms with Crippen LogP contribution < -0.4 is 5.73 Å². The van der Waals surface area contributed by atoms with Gasteiger partial charge in [0.2, 0.25) is 11.8 Å². The molecule has 1 unspecified atom stereocenters. The lowest BCUT2D eigenvalue weighted by atomic mass is 9.95. The van der Waals surface area contributed by atoms with Gasteiger partial charge in [0.25, 0.3) is 0 Å². The molecule has 2 aromatic rings. The van der Waals surface area contributed by atoms with E-state index in [9.17, 15) is 4.79 Å². The predicted molar refractivity (Wildman–Crippen MR) is 91.9 cm³/mol. The number of aromatic amines is 1. The zero-order valence-corrected chi connectivity index (χ0v) is 15.2. The first-order valence-electron chi connectivity index (χ1n) is 8.77. The predicted octanol–water partition coefficient (Wildman–Crippen LogP) is 1.94. The van der Waals surface area contributed by atoms with Crippen molar-refractivity contribution in [3.05, 3.63) is 28.7 Å². The van der Waals surface area contributed by atoms with Gasteiger partial charge in [0.15, 0.2) is 5.82 Å². The van der Waals surface area contributed by atoms with E-state index in [1.54, 1.807) is 0 Å². The van der Waals surface area contributed by atoms with Crippen molar-refractivity contribution < 1.29 is 9.32 Å². The number of carbonyl (C=O) groups is 1. The SMILES string of the molecule is Cc1n[nH]c(C)c1C(N)C(=O)N1CCC(c2nc(C(C)C)no2)CC1. The van der Waals surface area contributed by atoms with Crippen molar-refractivity contribution in [3.63, 3.8) is 0 Å². The Morgan fingerprint density at radius 2 is 2.00 bits per heavy atom. The Morgan fingerprint density at radius 1 is 1.32 bits per heavy atom. The van der Waals surface area contributed by atoms with E-state index in [0.717, 1.165) is 35.6 Å². The van der Waals surface area contributed by atoms with E-state index in [4.69, 9.17) is 10.3 Å². The van der Waals surface area contributed by atoms with Crippen LogP contribution in [0.1, 0.15) is 73.2 Å². The Kier molecular flexibility index (Phi) is 4.89. The summed E-state index contributed by atoms with van der Waals surface area (Å²) in [6.07, 6.45) is 1.61. The molecule has 0 saturated carbocycles. The van der Waals surface area contributed by atoms with Crippen molar-refractivity contribution in [2.75, 3.05) is 13.1 Å². The number of aryl methyl sites for hydroxylation is 2. The molecule has 2 aromatic heterocycles. The fraction of sp³-hybridized carbons (Fsp3) is 0.647. The molecule has 1 amide bonds. The topological polar surface area (TPSA) is 114 Å². The molecule has 8 heteroatoms. The van der Waals surface area contributed by atoms with Crippen LogP contribution in [0.2, 0.25) is 0 Å². The molecule has 1 fully saturated rings. The minimum absolute atomic E-state index is 0.0561. The maximum atomic E-state index is 12.7. The number of nitrogens with two attached hydrogens (primary N) is 1. The Morgan fingerprint density at radius 3 is 2.52 bits per heavy atom. The molecule has 8 nitrogen and oxygen atoms in total. The van der Waals surface area contributed by atoms with Crippen LogP contribution >= 0.6 is 0 Å². The molecule has 1 saturated heterocycles. The highest BCUT2D eigenvalue weighted by Crippen LogP contribution is 2.29. The highest BCUT2D eigenvalue weighted by atomic mass is 16.5. The summed E-state index contributed by atoms with van der Waals surface area (Å²) in [4.78, 5) is 19.1. The number of nitrogens with one attached hydrogen (secondary N) is 1. The molecule has 1 atom stereocenters. The smallest absolute Gasteiger partial charge is 0.244 e. The maximum absolute atomic E-state index is 12.7. The van der Waals surface area contributed by atoms with Gasteiger partial charge >= 0.3 is 0 Å². The number of hydrogen-bond acceptors (Lipinski definition) is 6. The average molecular weight is 346 g/mol. The molecule has 3 rings (SSSR count). The van der Waals surface area contributed by atoms with Crippen LogP contribution in [0.5, 0.6) is 0 Å². The van der Waals surface area contributed by atoms with Crippen LogP contribution in [0.3, 0.4) is 0 Å². The normalized spacial score (nSPS) is 17.3. The lowest BCUT2D eigenvalue weighted by molar-refractivity contribution is -0.133. The number of hydrogen-bond donors (Lipinski definition) is 2. The first-order chi connectivity index (χ1) is 11.9. The summed E-state index contributed by atoms with van der Waals surface area (Å²) < 4.78 is 5.40. The molecule has 3 N–H and O–H groups in total. The summed E-state index contributed by atoms with van der Waals surface area (Å²) in [6.45, 7) is 9.12. The van der Waals surface area contributed by atoms with Gasteiger partial charge in [-0.05, 0) is 26.7 Å². The van der Waals surface area contributed by atoms with Crippen LogP contribution in [0.4, 0.5) is 0 Å². The second-order valence-corrected chi connectivity index (χ2v) is 7.07. The lowest BCUT2D eigenvalue weighted by Gasteiger charge is -2.32. The number of nitrogens with zero attached hydrogens (tertiary/aromatic N) is 4. The van der Waals surface area contributed by atoms with Crippen molar-refractivity contribution in [1.29, 1.82) is 0 Å². The Labute approximate surface area is 147 Å². The van der Waals surface area contributed by atoms with Crippen LogP contribution in [-0.2, 0) is 4.79 Å². The molecule has 0 bridgehead atoms. The molecular weight excluding hydrogens is 320 g/mol. The van der Waals surface area contributed by atoms with Crippen LogP contribution in [0, 0.1) is 13.8 Å². The molecule has 0 spiro atoms. The van der Waals surface area contributed by atoms with Crippen LogP contribution in [0.15, 0.2) is 4.52 Å². The minimum Gasteiger partial charge on any atom is -0.341 e. The number of likely N-dealkylation sites (tertiary alicyclic amines) is 1. The van der Waals surface area contributed by atoms with E-state index < -0.39 is 6.04 Å². The number of amides is 1. The molecule has 25 heavy (non-hydrogen) atoms. The molecule has 0 radical (unpaired) electrons. The van der Waals surface area contributed by atoms with E-state index in [0.29, 0.717) is 19.0 Å². The van der Waals surface area contributed by atoms with E-state index in [-0.39, 0.29) is 17.7 Å². The van der Waals surface area contributed by atoms with Crippen molar-refractivity contribution in [1.82, 2.24) is 25.2 Å². The Bertz CT molecular complexity index is 723. The summed E-state index contributed by atoms with van der Waals surface area (Å²) in [5.41, 5.74) is 8.63.